The van der Waals surface area contributed by atoms with Gasteiger partial charge in [0.1, 0.15) is 11.5 Å². The Balaban J connectivity index is 2.01. The van der Waals surface area contributed by atoms with Crippen molar-refractivity contribution in [1.29, 1.82) is 0 Å². The molecule has 2 aliphatic rings. The molecule has 2 fully saturated rings. The number of halogens is 1. The minimum atomic E-state index is -0.573. The third kappa shape index (κ3) is 2.06. The fraction of sp³-hybridized carbons (Fsp3) is 0.538. The summed E-state index contributed by atoms with van der Waals surface area (Å²) in [6.07, 6.45) is 3.72. The van der Waals surface area contributed by atoms with Gasteiger partial charge in [-0.15, -0.1) is 0 Å². The van der Waals surface area contributed by atoms with Crippen LogP contribution in [0, 0.1) is 15.9 Å². The van der Waals surface area contributed by atoms with E-state index in [0.29, 0.717) is 5.69 Å². The number of benzene rings is 1. The largest absolute Gasteiger partial charge is 0.360 e. The summed E-state index contributed by atoms with van der Waals surface area (Å²) in [5.41, 5.74) is 6.38. The molecule has 0 aromatic heterocycles. The van der Waals surface area contributed by atoms with Crippen LogP contribution in [-0.4, -0.2) is 23.0 Å². The molecule has 2 saturated heterocycles. The van der Waals surface area contributed by atoms with Gasteiger partial charge in [-0.2, -0.15) is 0 Å². The van der Waals surface area contributed by atoms with Crippen LogP contribution in [0.1, 0.15) is 25.7 Å². The lowest BCUT2D eigenvalue weighted by Gasteiger charge is -2.39. The first kappa shape index (κ1) is 12.3. The molecule has 0 radical (unpaired) electrons. The fourth-order valence-electron chi connectivity index (χ4n) is 3.47. The van der Waals surface area contributed by atoms with Gasteiger partial charge in [0.05, 0.1) is 11.0 Å². The average molecular weight is 265 g/mol. The number of fused-ring (bicyclic) bond motifs is 2. The highest BCUT2D eigenvalue weighted by Gasteiger charge is 2.41. The molecule has 0 saturated carbocycles. The van der Waals surface area contributed by atoms with E-state index >= 15 is 0 Å². The first-order valence-corrected chi connectivity index (χ1v) is 6.54. The topological polar surface area (TPSA) is 72.4 Å². The van der Waals surface area contributed by atoms with Crippen molar-refractivity contribution in [2.75, 3.05) is 4.90 Å². The molecular formula is C13H16FN3O2. The van der Waals surface area contributed by atoms with Gasteiger partial charge >= 0.3 is 0 Å². The number of anilines is 1. The van der Waals surface area contributed by atoms with Crippen LogP contribution in [0.5, 0.6) is 0 Å². The van der Waals surface area contributed by atoms with Gasteiger partial charge in [0.15, 0.2) is 0 Å². The molecular weight excluding hydrogens is 249 g/mol. The van der Waals surface area contributed by atoms with Crippen molar-refractivity contribution >= 4 is 11.4 Å². The van der Waals surface area contributed by atoms with Crippen molar-refractivity contribution in [3.05, 3.63) is 34.1 Å². The van der Waals surface area contributed by atoms with E-state index < -0.39 is 10.7 Å². The van der Waals surface area contributed by atoms with E-state index in [-0.39, 0.29) is 23.8 Å². The van der Waals surface area contributed by atoms with Gasteiger partial charge in [0.25, 0.3) is 5.69 Å². The Bertz CT molecular complexity index is 509. The van der Waals surface area contributed by atoms with Gasteiger partial charge in [0, 0.05) is 18.1 Å². The van der Waals surface area contributed by atoms with Gasteiger partial charge in [-0.25, -0.2) is 4.39 Å². The van der Waals surface area contributed by atoms with Crippen LogP contribution in [0.25, 0.3) is 0 Å². The first-order valence-electron chi connectivity index (χ1n) is 6.54. The summed E-state index contributed by atoms with van der Waals surface area (Å²) in [6, 6.07) is 4.49. The smallest absolute Gasteiger partial charge is 0.295 e. The summed E-state index contributed by atoms with van der Waals surface area (Å²) in [6.45, 7) is 0. The Hall–Kier alpha value is -1.69. The molecule has 2 atom stereocenters. The second kappa shape index (κ2) is 4.45. The molecule has 6 heteroatoms. The molecule has 3 rings (SSSR count). The highest BCUT2D eigenvalue weighted by atomic mass is 19.1. The third-order valence-corrected chi connectivity index (χ3v) is 4.18. The van der Waals surface area contributed by atoms with Crippen molar-refractivity contribution in [1.82, 2.24) is 0 Å². The van der Waals surface area contributed by atoms with Gasteiger partial charge in [-0.05, 0) is 37.8 Å². The first-order chi connectivity index (χ1) is 9.06. The van der Waals surface area contributed by atoms with Crippen LogP contribution < -0.4 is 10.6 Å². The van der Waals surface area contributed by atoms with Crippen LogP contribution in [0.4, 0.5) is 15.8 Å². The Morgan fingerprint density at radius 3 is 2.53 bits per heavy atom. The van der Waals surface area contributed by atoms with Crippen molar-refractivity contribution in [3.63, 3.8) is 0 Å². The number of piperidine rings is 1. The van der Waals surface area contributed by atoms with Crippen molar-refractivity contribution < 1.29 is 9.31 Å². The minimum absolute atomic E-state index is 0.146. The molecule has 0 aliphatic carbocycles. The number of hydrogen-bond donors (Lipinski definition) is 1. The van der Waals surface area contributed by atoms with E-state index in [0.717, 1.165) is 31.7 Å². The second-order valence-electron chi connectivity index (χ2n) is 5.41. The minimum Gasteiger partial charge on any atom is -0.360 e. The SMILES string of the molecule is NC1CC2CCC(C1)N2c1ccc(F)cc1[N+](=O)[O-]. The zero-order valence-electron chi connectivity index (χ0n) is 10.5. The summed E-state index contributed by atoms with van der Waals surface area (Å²) in [7, 11) is 0. The van der Waals surface area contributed by atoms with Gasteiger partial charge in [-0.3, -0.25) is 10.1 Å². The molecule has 0 spiro atoms. The molecule has 2 N–H and O–H groups in total. The lowest BCUT2D eigenvalue weighted by atomic mass is 9.97. The molecule has 1 aromatic rings. The maximum Gasteiger partial charge on any atom is 0.295 e. The summed E-state index contributed by atoms with van der Waals surface area (Å²) < 4.78 is 13.2. The number of nitro benzene ring substituents is 1. The molecule has 0 amide bonds. The molecule has 19 heavy (non-hydrogen) atoms. The van der Waals surface area contributed by atoms with E-state index in [9.17, 15) is 14.5 Å². The quantitative estimate of drug-likeness (QED) is 0.657. The number of nitrogens with two attached hydrogens (primary N) is 1. The van der Waals surface area contributed by atoms with Crippen molar-refractivity contribution in [2.45, 2.75) is 43.8 Å². The number of nitrogens with zero attached hydrogens (tertiary/aromatic N) is 2. The zero-order valence-corrected chi connectivity index (χ0v) is 10.5. The Kier molecular flexibility index (Phi) is 2.89. The number of rotatable bonds is 2. The highest BCUT2D eigenvalue weighted by molar-refractivity contribution is 5.65. The fourth-order valence-corrected chi connectivity index (χ4v) is 3.47. The maximum atomic E-state index is 13.2. The summed E-state index contributed by atoms with van der Waals surface area (Å²) in [5, 5.41) is 11.1. The monoisotopic (exact) mass is 265 g/mol. The number of hydrogen-bond acceptors (Lipinski definition) is 4. The third-order valence-electron chi connectivity index (χ3n) is 4.18. The van der Waals surface area contributed by atoms with E-state index in [1.165, 1.54) is 12.1 Å². The molecule has 2 aliphatic heterocycles. The lowest BCUT2D eigenvalue weighted by Crippen LogP contribution is -2.47. The second-order valence-corrected chi connectivity index (χ2v) is 5.41. The van der Waals surface area contributed by atoms with Gasteiger partial charge in [0.2, 0.25) is 0 Å². The molecule has 2 bridgehead atoms. The molecule has 2 unspecified atom stereocenters. The lowest BCUT2D eigenvalue weighted by molar-refractivity contribution is -0.384. The van der Waals surface area contributed by atoms with E-state index in [4.69, 9.17) is 5.73 Å². The predicted molar refractivity (Wildman–Crippen MR) is 69.6 cm³/mol. The Morgan fingerprint density at radius 1 is 1.32 bits per heavy atom. The summed E-state index contributed by atoms with van der Waals surface area (Å²) in [5.74, 6) is -0.573. The summed E-state index contributed by atoms with van der Waals surface area (Å²) >= 11 is 0. The van der Waals surface area contributed by atoms with Crippen molar-refractivity contribution in [2.24, 2.45) is 5.73 Å². The standard InChI is InChI=1S/C13H16FN3O2/c14-8-1-4-12(13(5-8)17(18)19)16-10-2-3-11(16)7-9(15)6-10/h1,4-5,9-11H,2-3,6-7,15H2. The van der Waals surface area contributed by atoms with E-state index in [2.05, 4.69) is 4.90 Å². The predicted octanol–water partition coefficient (Wildman–Crippen LogP) is 2.19. The summed E-state index contributed by atoms with van der Waals surface area (Å²) in [4.78, 5) is 12.7. The Morgan fingerprint density at radius 2 is 1.95 bits per heavy atom. The molecule has 2 heterocycles. The van der Waals surface area contributed by atoms with Crippen LogP contribution in [-0.2, 0) is 0 Å². The normalized spacial score (nSPS) is 29.6. The van der Waals surface area contributed by atoms with Gasteiger partial charge in [-0.1, -0.05) is 0 Å². The Labute approximate surface area is 110 Å². The van der Waals surface area contributed by atoms with Crippen LogP contribution in [0.3, 0.4) is 0 Å². The van der Waals surface area contributed by atoms with Crippen LogP contribution >= 0.6 is 0 Å². The highest BCUT2D eigenvalue weighted by Crippen LogP contribution is 2.42. The number of nitro groups is 1. The van der Waals surface area contributed by atoms with Gasteiger partial charge < -0.3 is 10.6 Å². The average Bonchev–Trinajstić information content (AvgIpc) is 2.62. The van der Waals surface area contributed by atoms with E-state index in [1.54, 1.807) is 0 Å². The molecule has 1 aromatic carbocycles. The zero-order chi connectivity index (χ0) is 13.6. The van der Waals surface area contributed by atoms with Crippen molar-refractivity contribution in [3.8, 4) is 0 Å². The maximum absolute atomic E-state index is 13.2. The molecule has 5 nitrogen and oxygen atoms in total. The molecule has 102 valence electrons. The van der Waals surface area contributed by atoms with E-state index in [1.807, 2.05) is 0 Å². The van der Waals surface area contributed by atoms with Crippen LogP contribution in [0.15, 0.2) is 18.2 Å². The van der Waals surface area contributed by atoms with Crippen LogP contribution in [0.2, 0.25) is 0 Å².